The van der Waals surface area contributed by atoms with Gasteiger partial charge in [0, 0.05) is 12.3 Å². The molecule has 0 N–H and O–H groups in total. The number of unbranched alkanes of at least 4 members (excludes halogenated alkanes) is 6. The summed E-state index contributed by atoms with van der Waals surface area (Å²) in [6, 6.07) is 0. The van der Waals surface area contributed by atoms with Crippen LogP contribution < -0.4 is 0 Å². The fourth-order valence-electron chi connectivity index (χ4n) is 2.04. The van der Waals surface area contributed by atoms with Crippen molar-refractivity contribution in [3.05, 3.63) is 0 Å². The van der Waals surface area contributed by atoms with Crippen LogP contribution in [0.2, 0.25) is 0 Å². The van der Waals surface area contributed by atoms with Crippen LogP contribution in [0.5, 0.6) is 0 Å². The highest BCUT2D eigenvalue weighted by Crippen LogP contribution is 2.09. The summed E-state index contributed by atoms with van der Waals surface area (Å²) in [5, 5.41) is 0. The van der Waals surface area contributed by atoms with E-state index in [0.717, 1.165) is 6.54 Å². The molecule has 0 aliphatic heterocycles. The van der Waals surface area contributed by atoms with Crippen LogP contribution in [0.15, 0.2) is 4.99 Å². The van der Waals surface area contributed by atoms with E-state index < -0.39 is 0 Å². The summed E-state index contributed by atoms with van der Waals surface area (Å²) in [6.07, 6.45) is 14.5. The molecule has 0 atom stereocenters. The van der Waals surface area contributed by atoms with Gasteiger partial charge in [0.25, 0.3) is 0 Å². The monoisotopic (exact) mass is 239 g/mol. The van der Waals surface area contributed by atoms with Gasteiger partial charge in [0.2, 0.25) is 0 Å². The van der Waals surface area contributed by atoms with Gasteiger partial charge in [-0.15, -0.1) is 0 Å². The lowest BCUT2D eigenvalue weighted by atomic mass is 10.1. The van der Waals surface area contributed by atoms with Crippen LogP contribution in [0.4, 0.5) is 0 Å². The Morgan fingerprint density at radius 3 is 1.59 bits per heavy atom. The average Bonchev–Trinajstić information content (AvgIpc) is 2.34. The first-order valence-electron chi connectivity index (χ1n) is 7.87. The zero-order valence-corrected chi connectivity index (χ0v) is 12.4. The van der Waals surface area contributed by atoms with Crippen molar-refractivity contribution in [2.24, 2.45) is 4.99 Å². The smallest absolute Gasteiger partial charge is 0.0388 e. The second-order valence-corrected chi connectivity index (χ2v) is 5.07. The molecule has 0 aliphatic carbocycles. The van der Waals surface area contributed by atoms with Crippen molar-refractivity contribution in [3.63, 3.8) is 0 Å². The summed E-state index contributed by atoms with van der Waals surface area (Å²) in [7, 11) is 0. The molecule has 0 saturated heterocycles. The van der Waals surface area contributed by atoms with Gasteiger partial charge in [-0.05, 0) is 32.1 Å². The highest BCUT2D eigenvalue weighted by Gasteiger charge is 1.99. The maximum Gasteiger partial charge on any atom is 0.0388 e. The van der Waals surface area contributed by atoms with Crippen molar-refractivity contribution in [1.29, 1.82) is 0 Å². The maximum absolute atomic E-state index is 4.82. The Morgan fingerprint density at radius 1 is 0.647 bits per heavy atom. The number of hydrogen-bond donors (Lipinski definition) is 0. The summed E-state index contributed by atoms with van der Waals surface area (Å²) in [6.45, 7) is 7.87. The highest BCUT2D eigenvalue weighted by molar-refractivity contribution is 5.84. The van der Waals surface area contributed by atoms with Gasteiger partial charge in [-0.2, -0.15) is 0 Å². The minimum atomic E-state index is 1.07. The Labute approximate surface area is 109 Å². The third kappa shape index (κ3) is 11.9. The number of hydrogen-bond acceptors (Lipinski definition) is 1. The summed E-state index contributed by atoms with van der Waals surface area (Å²) in [5.41, 5.74) is 1.50. The van der Waals surface area contributed by atoms with Gasteiger partial charge in [-0.3, -0.25) is 4.99 Å². The van der Waals surface area contributed by atoms with Gasteiger partial charge in [-0.25, -0.2) is 0 Å². The van der Waals surface area contributed by atoms with E-state index in [0.29, 0.717) is 0 Å². The quantitative estimate of drug-likeness (QED) is 0.302. The minimum absolute atomic E-state index is 1.07. The zero-order chi connectivity index (χ0) is 12.8. The predicted octanol–water partition coefficient (Wildman–Crippen LogP) is 5.78. The van der Waals surface area contributed by atoms with E-state index in [1.54, 1.807) is 0 Å². The Balaban J connectivity index is 3.81. The van der Waals surface area contributed by atoms with E-state index in [-0.39, 0.29) is 0 Å². The molecule has 0 rings (SSSR count). The van der Waals surface area contributed by atoms with Crippen molar-refractivity contribution < 1.29 is 0 Å². The zero-order valence-electron chi connectivity index (χ0n) is 12.4. The van der Waals surface area contributed by atoms with E-state index in [1.807, 2.05) is 0 Å². The van der Waals surface area contributed by atoms with Gasteiger partial charge in [-0.1, -0.05) is 59.3 Å². The molecule has 17 heavy (non-hydrogen) atoms. The molecule has 1 heteroatoms. The second-order valence-electron chi connectivity index (χ2n) is 5.07. The molecule has 0 aliphatic rings. The Hall–Kier alpha value is -0.330. The van der Waals surface area contributed by atoms with Crippen LogP contribution in [0, 0.1) is 0 Å². The summed E-state index contributed by atoms with van der Waals surface area (Å²) in [5.74, 6) is 0. The van der Waals surface area contributed by atoms with Crippen molar-refractivity contribution >= 4 is 5.71 Å². The number of nitrogens with zero attached hydrogens (tertiary/aromatic N) is 1. The number of aliphatic imine (C=N–C) groups is 1. The molecule has 0 amide bonds. The van der Waals surface area contributed by atoms with E-state index in [2.05, 4.69) is 20.8 Å². The van der Waals surface area contributed by atoms with Crippen molar-refractivity contribution in [1.82, 2.24) is 0 Å². The van der Waals surface area contributed by atoms with E-state index in [9.17, 15) is 0 Å². The topological polar surface area (TPSA) is 12.4 Å². The maximum atomic E-state index is 4.82. The lowest BCUT2D eigenvalue weighted by Gasteiger charge is -2.06. The first-order valence-corrected chi connectivity index (χ1v) is 7.87. The van der Waals surface area contributed by atoms with Gasteiger partial charge < -0.3 is 0 Å². The standard InChI is InChI=1S/C16H33N/c1-4-7-10-13-16(14-11-8-5-2)17-15-12-9-6-3/h4-15H2,1-3H3. The third-order valence-corrected chi connectivity index (χ3v) is 3.23. The summed E-state index contributed by atoms with van der Waals surface area (Å²) >= 11 is 0. The molecule has 102 valence electrons. The predicted molar refractivity (Wildman–Crippen MR) is 80.1 cm³/mol. The lowest BCUT2D eigenvalue weighted by molar-refractivity contribution is 0.695. The molecule has 0 bridgehead atoms. The Bertz CT molecular complexity index is 160. The lowest BCUT2D eigenvalue weighted by Crippen LogP contribution is -2.00. The van der Waals surface area contributed by atoms with Crippen LogP contribution in [0.25, 0.3) is 0 Å². The fourth-order valence-corrected chi connectivity index (χ4v) is 2.04. The minimum Gasteiger partial charge on any atom is -0.294 e. The molecule has 0 saturated carbocycles. The van der Waals surface area contributed by atoms with Crippen LogP contribution >= 0.6 is 0 Å². The average molecular weight is 239 g/mol. The number of rotatable bonds is 12. The van der Waals surface area contributed by atoms with Crippen LogP contribution in [0.3, 0.4) is 0 Å². The van der Waals surface area contributed by atoms with E-state index in [4.69, 9.17) is 4.99 Å². The van der Waals surface area contributed by atoms with Crippen LogP contribution in [-0.2, 0) is 0 Å². The normalized spacial score (nSPS) is 10.5. The molecule has 0 aromatic heterocycles. The first-order chi connectivity index (χ1) is 8.35. The Morgan fingerprint density at radius 2 is 1.12 bits per heavy atom. The highest BCUT2D eigenvalue weighted by atomic mass is 14.7. The SMILES string of the molecule is CCCCCN=C(CCCCC)CCCCC. The molecule has 0 spiro atoms. The molecule has 0 aromatic carbocycles. The molecule has 0 fully saturated rings. The Kier molecular flexibility index (Phi) is 13.5. The second kappa shape index (κ2) is 13.7. The van der Waals surface area contributed by atoms with E-state index >= 15 is 0 Å². The van der Waals surface area contributed by atoms with Gasteiger partial charge in [0.05, 0.1) is 0 Å². The molecular weight excluding hydrogens is 206 g/mol. The fraction of sp³-hybridized carbons (Fsp3) is 0.938. The van der Waals surface area contributed by atoms with Crippen LogP contribution in [0.1, 0.15) is 91.4 Å². The van der Waals surface area contributed by atoms with Gasteiger partial charge in [0.1, 0.15) is 0 Å². The van der Waals surface area contributed by atoms with Gasteiger partial charge >= 0.3 is 0 Å². The third-order valence-electron chi connectivity index (χ3n) is 3.23. The molecule has 1 nitrogen and oxygen atoms in total. The van der Waals surface area contributed by atoms with Crippen LogP contribution in [-0.4, -0.2) is 12.3 Å². The van der Waals surface area contributed by atoms with E-state index in [1.165, 1.54) is 76.3 Å². The molecule has 0 radical (unpaired) electrons. The molecular formula is C16H33N. The first kappa shape index (κ1) is 16.7. The largest absolute Gasteiger partial charge is 0.294 e. The summed E-state index contributed by atoms with van der Waals surface area (Å²) < 4.78 is 0. The molecule has 0 unspecified atom stereocenters. The van der Waals surface area contributed by atoms with Crippen molar-refractivity contribution in [2.45, 2.75) is 91.4 Å². The van der Waals surface area contributed by atoms with Gasteiger partial charge in [0.15, 0.2) is 0 Å². The molecule has 0 aromatic rings. The van der Waals surface area contributed by atoms with Crippen molar-refractivity contribution in [2.75, 3.05) is 6.54 Å². The molecule has 0 heterocycles. The summed E-state index contributed by atoms with van der Waals surface area (Å²) in [4.78, 5) is 4.82. The van der Waals surface area contributed by atoms with Crippen molar-refractivity contribution in [3.8, 4) is 0 Å².